The van der Waals surface area contributed by atoms with Gasteiger partial charge in [0.1, 0.15) is 0 Å². The topological polar surface area (TPSA) is 58.0 Å². The zero-order valence-corrected chi connectivity index (χ0v) is 13.0. The van der Waals surface area contributed by atoms with Crippen molar-refractivity contribution in [2.45, 2.75) is 58.5 Å². The molecule has 0 radical (unpaired) electrons. The second kappa shape index (κ2) is 4.42. The van der Waals surface area contributed by atoms with E-state index in [-0.39, 0.29) is 6.61 Å². The van der Waals surface area contributed by atoms with Gasteiger partial charge in [0.2, 0.25) is 5.95 Å². The van der Waals surface area contributed by atoms with Crippen molar-refractivity contribution in [1.82, 2.24) is 9.97 Å². The van der Waals surface area contributed by atoms with Crippen LogP contribution in [0.4, 0.5) is 5.95 Å². The molecule has 0 amide bonds. The molecule has 3 aliphatic rings. The predicted molar refractivity (Wildman–Crippen MR) is 82.0 cm³/mol. The van der Waals surface area contributed by atoms with E-state index in [2.05, 4.69) is 29.1 Å². The third kappa shape index (κ3) is 2.15. The largest absolute Gasteiger partial charge is 0.390 e. The van der Waals surface area contributed by atoms with Crippen LogP contribution in [0.1, 0.15) is 63.3 Å². The SMILES string of the molecule is CC(C)c1cc(CO)nc(NCC2CC3(C2)CC32CC2)n1. The zero-order valence-electron chi connectivity index (χ0n) is 13.0. The lowest BCUT2D eigenvalue weighted by molar-refractivity contribution is 0.154. The molecule has 1 aromatic heterocycles. The Labute approximate surface area is 126 Å². The van der Waals surface area contributed by atoms with E-state index in [1.54, 1.807) is 0 Å². The molecule has 0 bridgehead atoms. The molecular formula is C17H25N3O. The van der Waals surface area contributed by atoms with E-state index in [0.717, 1.165) is 29.0 Å². The van der Waals surface area contributed by atoms with Crippen LogP contribution >= 0.6 is 0 Å². The summed E-state index contributed by atoms with van der Waals surface area (Å²) in [6, 6.07) is 1.90. The normalized spacial score (nSPS) is 31.5. The van der Waals surface area contributed by atoms with Crippen LogP contribution in [0.5, 0.6) is 0 Å². The van der Waals surface area contributed by atoms with Crippen molar-refractivity contribution < 1.29 is 5.11 Å². The number of aromatic nitrogens is 2. The van der Waals surface area contributed by atoms with E-state index in [1.807, 2.05) is 6.07 Å². The summed E-state index contributed by atoms with van der Waals surface area (Å²) in [4.78, 5) is 8.96. The summed E-state index contributed by atoms with van der Waals surface area (Å²) in [6.07, 6.45) is 7.29. The highest BCUT2D eigenvalue weighted by molar-refractivity contribution is 5.31. The number of hydrogen-bond donors (Lipinski definition) is 2. The van der Waals surface area contributed by atoms with Gasteiger partial charge in [-0.25, -0.2) is 9.97 Å². The van der Waals surface area contributed by atoms with Gasteiger partial charge in [0.15, 0.2) is 0 Å². The second-order valence-corrected chi connectivity index (χ2v) is 7.81. The van der Waals surface area contributed by atoms with E-state index < -0.39 is 0 Å². The first-order chi connectivity index (χ1) is 10.1. The molecule has 2 spiro atoms. The van der Waals surface area contributed by atoms with E-state index >= 15 is 0 Å². The number of hydrogen-bond acceptors (Lipinski definition) is 4. The summed E-state index contributed by atoms with van der Waals surface area (Å²) in [5.41, 5.74) is 3.29. The van der Waals surface area contributed by atoms with Crippen molar-refractivity contribution in [2.24, 2.45) is 16.7 Å². The lowest BCUT2D eigenvalue weighted by atomic mass is 9.70. The fraction of sp³-hybridized carbons (Fsp3) is 0.765. The summed E-state index contributed by atoms with van der Waals surface area (Å²) < 4.78 is 0. The molecular weight excluding hydrogens is 262 g/mol. The average molecular weight is 287 g/mol. The van der Waals surface area contributed by atoms with Crippen molar-refractivity contribution in [3.8, 4) is 0 Å². The molecule has 0 unspecified atom stereocenters. The molecule has 1 aromatic rings. The van der Waals surface area contributed by atoms with Crippen LogP contribution < -0.4 is 5.32 Å². The summed E-state index contributed by atoms with van der Waals surface area (Å²) in [5.74, 6) is 1.82. The van der Waals surface area contributed by atoms with Gasteiger partial charge in [-0.1, -0.05) is 13.8 Å². The molecule has 0 aliphatic heterocycles. The molecule has 4 nitrogen and oxygen atoms in total. The lowest BCUT2D eigenvalue weighted by Crippen LogP contribution is -2.33. The smallest absolute Gasteiger partial charge is 0.223 e. The molecule has 1 heterocycles. The monoisotopic (exact) mass is 287 g/mol. The highest BCUT2D eigenvalue weighted by atomic mass is 16.3. The average Bonchev–Trinajstić information content (AvgIpc) is 3.34. The molecule has 3 fully saturated rings. The van der Waals surface area contributed by atoms with Crippen LogP contribution in [0.15, 0.2) is 6.07 Å². The number of nitrogens with zero attached hydrogens (tertiary/aromatic N) is 2. The molecule has 4 rings (SSSR count). The third-order valence-corrected chi connectivity index (χ3v) is 5.99. The minimum absolute atomic E-state index is 0.0218. The van der Waals surface area contributed by atoms with Gasteiger partial charge in [-0.05, 0) is 60.8 Å². The van der Waals surface area contributed by atoms with Crippen LogP contribution in [-0.4, -0.2) is 21.6 Å². The summed E-state index contributed by atoms with van der Waals surface area (Å²) in [6.45, 7) is 5.19. The molecule has 3 saturated carbocycles. The van der Waals surface area contributed by atoms with Gasteiger partial charge in [-0.15, -0.1) is 0 Å². The molecule has 4 heteroatoms. The Balaban J connectivity index is 1.35. The number of nitrogens with one attached hydrogen (secondary N) is 1. The Morgan fingerprint density at radius 1 is 1.29 bits per heavy atom. The highest BCUT2D eigenvalue weighted by Crippen LogP contribution is 2.86. The number of fused-ring (bicyclic) bond motifs is 1. The van der Waals surface area contributed by atoms with E-state index in [9.17, 15) is 5.11 Å². The van der Waals surface area contributed by atoms with E-state index in [1.165, 1.54) is 32.1 Å². The van der Waals surface area contributed by atoms with Crippen molar-refractivity contribution in [1.29, 1.82) is 0 Å². The highest BCUT2D eigenvalue weighted by Gasteiger charge is 2.76. The Hall–Kier alpha value is -1.16. The Morgan fingerprint density at radius 2 is 2.05 bits per heavy atom. The molecule has 0 aromatic carbocycles. The standard InChI is InChI=1S/C17H25N3O/c1-11(2)14-5-13(9-21)19-15(20-14)18-8-12-6-17(7-12)10-16(17)3-4-16/h5,11-12,21H,3-4,6-10H2,1-2H3,(H,18,19,20). The number of anilines is 1. The van der Waals surface area contributed by atoms with Gasteiger partial charge < -0.3 is 10.4 Å². The minimum Gasteiger partial charge on any atom is -0.390 e. The summed E-state index contributed by atoms with van der Waals surface area (Å²) >= 11 is 0. The maximum atomic E-state index is 9.33. The molecule has 2 N–H and O–H groups in total. The molecule has 0 saturated heterocycles. The quantitative estimate of drug-likeness (QED) is 0.873. The van der Waals surface area contributed by atoms with E-state index in [0.29, 0.717) is 17.6 Å². The fourth-order valence-corrected chi connectivity index (χ4v) is 4.44. The third-order valence-electron chi connectivity index (χ3n) is 5.99. The summed E-state index contributed by atoms with van der Waals surface area (Å²) in [7, 11) is 0. The van der Waals surface area contributed by atoms with Gasteiger partial charge in [-0.3, -0.25) is 0 Å². The van der Waals surface area contributed by atoms with Gasteiger partial charge in [0, 0.05) is 12.2 Å². The molecule has 3 aliphatic carbocycles. The maximum Gasteiger partial charge on any atom is 0.223 e. The first kappa shape index (κ1) is 13.5. The Kier molecular flexibility index (Phi) is 2.84. The van der Waals surface area contributed by atoms with Crippen LogP contribution in [0.2, 0.25) is 0 Å². The lowest BCUT2D eigenvalue weighted by Gasteiger charge is -2.37. The van der Waals surface area contributed by atoms with Crippen LogP contribution in [0.25, 0.3) is 0 Å². The minimum atomic E-state index is -0.0218. The van der Waals surface area contributed by atoms with Gasteiger partial charge in [-0.2, -0.15) is 0 Å². The van der Waals surface area contributed by atoms with Crippen LogP contribution in [0, 0.1) is 16.7 Å². The Morgan fingerprint density at radius 3 is 2.62 bits per heavy atom. The fourth-order valence-electron chi connectivity index (χ4n) is 4.44. The predicted octanol–water partition coefficient (Wildman–Crippen LogP) is 3.08. The first-order valence-corrected chi connectivity index (χ1v) is 8.28. The van der Waals surface area contributed by atoms with Gasteiger partial charge >= 0.3 is 0 Å². The first-order valence-electron chi connectivity index (χ1n) is 8.28. The van der Waals surface area contributed by atoms with Gasteiger partial charge in [0.25, 0.3) is 0 Å². The molecule has 114 valence electrons. The maximum absolute atomic E-state index is 9.33. The van der Waals surface area contributed by atoms with Crippen molar-refractivity contribution in [2.75, 3.05) is 11.9 Å². The second-order valence-electron chi connectivity index (χ2n) is 7.81. The van der Waals surface area contributed by atoms with Crippen molar-refractivity contribution >= 4 is 5.95 Å². The van der Waals surface area contributed by atoms with E-state index in [4.69, 9.17) is 0 Å². The Bertz CT molecular complexity index is 559. The van der Waals surface area contributed by atoms with Crippen LogP contribution in [0.3, 0.4) is 0 Å². The van der Waals surface area contributed by atoms with Crippen molar-refractivity contribution in [3.05, 3.63) is 17.5 Å². The number of aliphatic hydroxyl groups is 1. The van der Waals surface area contributed by atoms with Crippen molar-refractivity contribution in [3.63, 3.8) is 0 Å². The summed E-state index contributed by atoms with van der Waals surface area (Å²) in [5, 5.41) is 12.7. The zero-order chi connectivity index (χ0) is 14.7. The molecule has 21 heavy (non-hydrogen) atoms. The molecule has 0 atom stereocenters. The number of aliphatic hydroxyl groups excluding tert-OH is 1. The number of rotatable bonds is 5. The van der Waals surface area contributed by atoms with Crippen LogP contribution in [-0.2, 0) is 6.61 Å². The van der Waals surface area contributed by atoms with Gasteiger partial charge in [0.05, 0.1) is 12.3 Å².